The van der Waals surface area contributed by atoms with E-state index in [4.69, 9.17) is 5.11 Å². The molecule has 0 radical (unpaired) electrons. The summed E-state index contributed by atoms with van der Waals surface area (Å²) in [4.78, 5) is 13.6. The van der Waals surface area contributed by atoms with Gasteiger partial charge in [-0.15, -0.1) is 0 Å². The van der Waals surface area contributed by atoms with E-state index in [0.29, 0.717) is 11.1 Å². The molecule has 0 spiro atoms. The number of carbonyl (C=O) groups excluding carboxylic acids is 1. The van der Waals surface area contributed by atoms with Gasteiger partial charge in [-0.05, 0) is 35.4 Å². The summed E-state index contributed by atoms with van der Waals surface area (Å²) < 4.78 is 54.7. The molecule has 2 aromatic carbocycles. The Bertz CT molecular complexity index is 808. The summed E-state index contributed by atoms with van der Waals surface area (Å²) >= 11 is 0. The fraction of sp³-hybridized carbons (Fsp3) is 0.316. The maximum atomic E-state index is 14.4. The summed E-state index contributed by atoms with van der Waals surface area (Å²) in [5.41, 5.74) is 0.831. The standard InChI is InChI=1S/C19H17F4NO2/c20-15-4-1-12(2-5-15)13-3-6-16(17(21)9-13)18(26)24-8-7-19(22,23)14(10-24)11-25/h1-6,9,14,25H,7-8,10-11H2. The van der Waals surface area contributed by atoms with Gasteiger partial charge in [0.1, 0.15) is 11.6 Å². The van der Waals surface area contributed by atoms with Crippen molar-refractivity contribution in [2.75, 3.05) is 19.7 Å². The van der Waals surface area contributed by atoms with Crippen LogP contribution in [0.15, 0.2) is 42.5 Å². The summed E-state index contributed by atoms with van der Waals surface area (Å²) in [6, 6.07) is 9.43. The number of aliphatic hydroxyl groups is 1. The van der Waals surface area contributed by atoms with Crippen molar-refractivity contribution < 1.29 is 27.5 Å². The Hall–Kier alpha value is -2.41. The van der Waals surface area contributed by atoms with Gasteiger partial charge in [-0.3, -0.25) is 4.79 Å². The molecule has 138 valence electrons. The number of rotatable bonds is 3. The van der Waals surface area contributed by atoms with Gasteiger partial charge in [0.2, 0.25) is 0 Å². The molecule has 1 N–H and O–H groups in total. The number of hydrogen-bond donors (Lipinski definition) is 1. The normalized spacial score (nSPS) is 19.4. The molecule has 3 rings (SSSR count). The van der Waals surface area contributed by atoms with Crippen molar-refractivity contribution in [3.05, 3.63) is 59.7 Å². The second-order valence-corrected chi connectivity index (χ2v) is 6.34. The average Bonchev–Trinajstić information content (AvgIpc) is 2.61. The van der Waals surface area contributed by atoms with Gasteiger partial charge in [0.25, 0.3) is 11.8 Å². The molecule has 1 saturated heterocycles. The molecular formula is C19H17F4NO2. The van der Waals surface area contributed by atoms with Crippen LogP contribution in [0, 0.1) is 17.6 Å². The number of hydrogen-bond acceptors (Lipinski definition) is 2. The van der Waals surface area contributed by atoms with Crippen LogP contribution in [0.4, 0.5) is 17.6 Å². The van der Waals surface area contributed by atoms with Gasteiger partial charge >= 0.3 is 0 Å². The van der Waals surface area contributed by atoms with E-state index in [1.165, 1.54) is 36.4 Å². The lowest BCUT2D eigenvalue weighted by molar-refractivity contribution is -0.113. The molecule has 7 heteroatoms. The highest BCUT2D eigenvalue weighted by Gasteiger charge is 2.45. The minimum absolute atomic E-state index is 0.207. The van der Waals surface area contributed by atoms with Crippen molar-refractivity contribution >= 4 is 5.91 Å². The van der Waals surface area contributed by atoms with Crippen LogP contribution in [-0.4, -0.2) is 41.5 Å². The Morgan fingerprint density at radius 2 is 1.77 bits per heavy atom. The lowest BCUT2D eigenvalue weighted by Crippen LogP contribution is -2.50. The van der Waals surface area contributed by atoms with Crippen LogP contribution >= 0.6 is 0 Å². The Balaban J connectivity index is 1.81. The van der Waals surface area contributed by atoms with Crippen LogP contribution in [0.5, 0.6) is 0 Å². The number of benzene rings is 2. The summed E-state index contributed by atoms with van der Waals surface area (Å²) in [6.45, 7) is -1.29. The maximum Gasteiger partial charge on any atom is 0.256 e. The van der Waals surface area contributed by atoms with Crippen molar-refractivity contribution in [3.63, 3.8) is 0 Å². The number of amides is 1. The number of aliphatic hydroxyl groups excluding tert-OH is 1. The van der Waals surface area contributed by atoms with Crippen molar-refractivity contribution in [2.45, 2.75) is 12.3 Å². The quantitative estimate of drug-likeness (QED) is 0.840. The van der Waals surface area contributed by atoms with E-state index < -0.39 is 42.4 Å². The van der Waals surface area contributed by atoms with Gasteiger partial charge < -0.3 is 10.0 Å². The number of alkyl halides is 2. The fourth-order valence-electron chi connectivity index (χ4n) is 3.04. The highest BCUT2D eigenvalue weighted by Crippen LogP contribution is 2.34. The summed E-state index contributed by atoms with van der Waals surface area (Å²) in [5.74, 6) is -6.30. The number of carbonyl (C=O) groups is 1. The van der Waals surface area contributed by atoms with Gasteiger partial charge in [-0.1, -0.05) is 18.2 Å². The van der Waals surface area contributed by atoms with E-state index in [2.05, 4.69) is 0 Å². The first kappa shape index (κ1) is 18.4. The molecule has 1 unspecified atom stereocenters. The van der Waals surface area contributed by atoms with Crippen LogP contribution in [-0.2, 0) is 0 Å². The van der Waals surface area contributed by atoms with Crippen LogP contribution in [0.1, 0.15) is 16.8 Å². The molecular weight excluding hydrogens is 350 g/mol. The number of nitrogens with zero attached hydrogens (tertiary/aromatic N) is 1. The van der Waals surface area contributed by atoms with E-state index in [9.17, 15) is 22.4 Å². The van der Waals surface area contributed by atoms with E-state index in [-0.39, 0.29) is 18.7 Å². The first-order valence-corrected chi connectivity index (χ1v) is 8.15. The molecule has 1 amide bonds. The van der Waals surface area contributed by atoms with Gasteiger partial charge in [0, 0.05) is 19.5 Å². The maximum absolute atomic E-state index is 14.4. The third-order valence-corrected chi connectivity index (χ3v) is 4.64. The van der Waals surface area contributed by atoms with Gasteiger partial charge in [-0.25, -0.2) is 17.6 Å². The molecule has 0 aliphatic carbocycles. The predicted octanol–water partition coefficient (Wildman–Crippen LogP) is 3.72. The molecule has 2 aromatic rings. The van der Waals surface area contributed by atoms with Crippen LogP contribution < -0.4 is 0 Å². The van der Waals surface area contributed by atoms with E-state index >= 15 is 0 Å². The zero-order chi connectivity index (χ0) is 18.9. The first-order chi connectivity index (χ1) is 12.3. The summed E-state index contributed by atoms with van der Waals surface area (Å²) in [6.07, 6.45) is -0.570. The van der Waals surface area contributed by atoms with E-state index in [1.54, 1.807) is 0 Å². The average molecular weight is 367 g/mol. The molecule has 0 saturated carbocycles. The zero-order valence-corrected chi connectivity index (χ0v) is 13.8. The smallest absolute Gasteiger partial charge is 0.256 e. The molecule has 1 atom stereocenters. The summed E-state index contributed by atoms with van der Waals surface area (Å²) in [7, 11) is 0. The minimum Gasteiger partial charge on any atom is -0.396 e. The molecule has 3 nitrogen and oxygen atoms in total. The highest BCUT2D eigenvalue weighted by atomic mass is 19.3. The second-order valence-electron chi connectivity index (χ2n) is 6.34. The highest BCUT2D eigenvalue weighted by molar-refractivity contribution is 5.95. The third-order valence-electron chi connectivity index (χ3n) is 4.64. The van der Waals surface area contributed by atoms with Crippen molar-refractivity contribution in [1.29, 1.82) is 0 Å². The minimum atomic E-state index is -3.05. The summed E-state index contributed by atoms with van der Waals surface area (Å²) in [5, 5.41) is 9.11. The molecule has 0 aromatic heterocycles. The third kappa shape index (κ3) is 3.58. The van der Waals surface area contributed by atoms with Crippen LogP contribution in [0.3, 0.4) is 0 Å². The van der Waals surface area contributed by atoms with E-state index in [1.807, 2.05) is 0 Å². The van der Waals surface area contributed by atoms with Crippen LogP contribution in [0.2, 0.25) is 0 Å². The van der Waals surface area contributed by atoms with Crippen molar-refractivity contribution in [2.24, 2.45) is 5.92 Å². The predicted molar refractivity (Wildman–Crippen MR) is 87.8 cm³/mol. The lowest BCUT2D eigenvalue weighted by atomic mass is 9.93. The van der Waals surface area contributed by atoms with E-state index in [0.717, 1.165) is 11.0 Å². The lowest BCUT2D eigenvalue weighted by Gasteiger charge is -2.37. The molecule has 1 heterocycles. The van der Waals surface area contributed by atoms with Crippen LogP contribution in [0.25, 0.3) is 11.1 Å². The molecule has 1 aliphatic heterocycles. The Morgan fingerprint density at radius 3 is 2.38 bits per heavy atom. The SMILES string of the molecule is O=C(c1ccc(-c2ccc(F)cc2)cc1F)N1CCC(F)(F)C(CO)C1. The number of halogens is 4. The topological polar surface area (TPSA) is 40.5 Å². The Labute approximate surface area is 147 Å². The van der Waals surface area contributed by atoms with Gasteiger partial charge in [0.15, 0.2) is 0 Å². The fourth-order valence-corrected chi connectivity index (χ4v) is 3.04. The monoisotopic (exact) mass is 367 g/mol. The molecule has 1 aliphatic rings. The first-order valence-electron chi connectivity index (χ1n) is 8.15. The van der Waals surface area contributed by atoms with Gasteiger partial charge in [0.05, 0.1) is 18.1 Å². The largest absolute Gasteiger partial charge is 0.396 e. The number of piperidine rings is 1. The Kier molecular flexibility index (Phi) is 5.00. The zero-order valence-electron chi connectivity index (χ0n) is 13.8. The van der Waals surface area contributed by atoms with Gasteiger partial charge in [-0.2, -0.15) is 0 Å². The molecule has 26 heavy (non-hydrogen) atoms. The molecule has 0 bridgehead atoms. The second kappa shape index (κ2) is 7.07. The Morgan fingerprint density at radius 1 is 1.12 bits per heavy atom. The van der Waals surface area contributed by atoms with Crippen molar-refractivity contribution in [1.82, 2.24) is 4.90 Å². The van der Waals surface area contributed by atoms with Crippen molar-refractivity contribution in [3.8, 4) is 11.1 Å². The number of likely N-dealkylation sites (tertiary alicyclic amines) is 1. The molecule has 1 fully saturated rings.